The molecular weight excluding hydrogens is 294 g/mol. The Balaban J connectivity index is 2.34. The first-order valence-corrected chi connectivity index (χ1v) is 9.00. The van der Waals surface area contributed by atoms with Crippen LogP contribution in [0, 0.1) is 0 Å². The van der Waals surface area contributed by atoms with E-state index in [1.165, 1.54) is 36.1 Å². The predicted molar refractivity (Wildman–Crippen MR) is 95.4 cm³/mol. The van der Waals surface area contributed by atoms with Gasteiger partial charge in [-0.25, -0.2) is 4.79 Å². The highest BCUT2D eigenvalue weighted by atomic mass is 32.1. The second-order valence-electron chi connectivity index (χ2n) is 6.41. The number of nitrogens with one attached hydrogen (secondary N) is 1. The van der Waals surface area contributed by atoms with Gasteiger partial charge in [0.1, 0.15) is 5.60 Å². The maximum absolute atomic E-state index is 11.5. The van der Waals surface area contributed by atoms with Gasteiger partial charge in [-0.2, -0.15) is 0 Å². The number of hydrogen-bond acceptors (Lipinski definition) is 3. The number of alkyl carbamates (subject to hydrolysis) is 1. The molecule has 0 unspecified atom stereocenters. The summed E-state index contributed by atoms with van der Waals surface area (Å²) >= 11 is 1.75. The number of unbranched alkanes of at least 4 members (excludes halogenated alkanes) is 3. The van der Waals surface area contributed by atoms with Crippen molar-refractivity contribution in [3.63, 3.8) is 0 Å². The summed E-state index contributed by atoms with van der Waals surface area (Å²) in [5, 5.41) is 4.87. The molecule has 4 heteroatoms. The van der Waals surface area contributed by atoms with Crippen molar-refractivity contribution in [3.05, 3.63) is 28.0 Å². The van der Waals surface area contributed by atoms with Crippen molar-refractivity contribution in [2.24, 2.45) is 0 Å². The summed E-state index contributed by atoms with van der Waals surface area (Å²) in [6, 6.07) is 2.21. The lowest BCUT2D eigenvalue weighted by Crippen LogP contribution is -2.32. The maximum Gasteiger partial charge on any atom is 0.407 e. The molecule has 0 saturated carbocycles. The van der Waals surface area contributed by atoms with Crippen LogP contribution in [-0.2, 0) is 11.2 Å². The van der Waals surface area contributed by atoms with E-state index < -0.39 is 5.60 Å². The van der Waals surface area contributed by atoms with Gasteiger partial charge in [0.2, 0.25) is 0 Å². The molecule has 0 radical (unpaired) electrons. The normalized spacial score (nSPS) is 11.8. The Bertz CT molecular complexity index is 472. The first-order chi connectivity index (χ1) is 10.4. The van der Waals surface area contributed by atoms with Gasteiger partial charge in [-0.3, -0.25) is 0 Å². The molecule has 0 fully saturated rings. The molecule has 0 aliphatic heterocycles. The number of thiophene rings is 1. The second-order valence-corrected chi connectivity index (χ2v) is 7.35. The van der Waals surface area contributed by atoms with Crippen LogP contribution < -0.4 is 5.32 Å². The maximum atomic E-state index is 11.5. The Kier molecular flexibility index (Phi) is 8.25. The Morgan fingerprint density at radius 1 is 1.32 bits per heavy atom. The van der Waals surface area contributed by atoms with Crippen molar-refractivity contribution in [3.8, 4) is 0 Å². The van der Waals surface area contributed by atoms with Gasteiger partial charge in [0, 0.05) is 11.4 Å². The number of ether oxygens (including phenoxy) is 1. The molecule has 1 N–H and O–H groups in total. The molecule has 0 aliphatic carbocycles. The molecule has 0 aromatic carbocycles. The molecule has 3 nitrogen and oxygen atoms in total. The van der Waals surface area contributed by atoms with E-state index >= 15 is 0 Å². The summed E-state index contributed by atoms with van der Waals surface area (Å²) in [6.45, 7) is 8.30. The van der Waals surface area contributed by atoms with Crippen molar-refractivity contribution in [2.75, 3.05) is 6.54 Å². The smallest absolute Gasteiger partial charge is 0.407 e. The van der Waals surface area contributed by atoms with Crippen LogP contribution in [0.4, 0.5) is 4.79 Å². The monoisotopic (exact) mass is 323 g/mol. The second kappa shape index (κ2) is 9.67. The zero-order chi connectivity index (χ0) is 16.4. The van der Waals surface area contributed by atoms with E-state index in [0.29, 0.717) is 6.54 Å². The summed E-state index contributed by atoms with van der Waals surface area (Å²) in [5.74, 6) is 0. The molecule has 1 heterocycles. The van der Waals surface area contributed by atoms with Crippen molar-refractivity contribution < 1.29 is 9.53 Å². The van der Waals surface area contributed by atoms with Gasteiger partial charge in [-0.05, 0) is 56.7 Å². The lowest BCUT2D eigenvalue weighted by molar-refractivity contribution is 0.0534. The third kappa shape index (κ3) is 8.23. The van der Waals surface area contributed by atoms with Gasteiger partial charge in [-0.15, -0.1) is 11.3 Å². The molecular formula is C18H29NO2S. The van der Waals surface area contributed by atoms with E-state index in [1.807, 2.05) is 26.8 Å². The SMILES string of the molecule is CCCCCCc1ccsc1C=CCNC(=O)OC(C)(C)C. The van der Waals surface area contributed by atoms with Crippen LogP contribution in [0.15, 0.2) is 17.5 Å². The molecule has 0 spiro atoms. The van der Waals surface area contributed by atoms with Crippen LogP contribution in [-0.4, -0.2) is 18.2 Å². The van der Waals surface area contributed by atoms with Gasteiger partial charge < -0.3 is 10.1 Å². The molecule has 0 aliphatic rings. The molecule has 0 bridgehead atoms. The van der Waals surface area contributed by atoms with E-state index in [1.54, 1.807) is 11.3 Å². The fourth-order valence-corrected chi connectivity index (χ4v) is 2.94. The molecule has 22 heavy (non-hydrogen) atoms. The molecule has 124 valence electrons. The fraction of sp³-hybridized carbons (Fsp3) is 0.611. The summed E-state index contributed by atoms with van der Waals surface area (Å²) in [6.07, 6.45) is 9.98. The summed E-state index contributed by atoms with van der Waals surface area (Å²) in [7, 11) is 0. The van der Waals surface area contributed by atoms with Crippen molar-refractivity contribution >= 4 is 23.5 Å². The van der Waals surface area contributed by atoms with Gasteiger partial charge in [0.25, 0.3) is 0 Å². The highest BCUT2D eigenvalue weighted by Gasteiger charge is 2.14. The molecule has 1 aromatic heterocycles. The number of carbonyl (C=O) groups excluding carboxylic acids is 1. The third-order valence-corrected chi connectivity index (χ3v) is 4.04. The Morgan fingerprint density at radius 2 is 2.09 bits per heavy atom. The highest BCUT2D eigenvalue weighted by molar-refractivity contribution is 7.11. The zero-order valence-electron chi connectivity index (χ0n) is 14.3. The Hall–Kier alpha value is -1.29. The molecule has 1 rings (SSSR count). The molecule has 0 saturated heterocycles. The fourth-order valence-electron chi connectivity index (χ4n) is 2.06. The highest BCUT2D eigenvalue weighted by Crippen LogP contribution is 2.21. The standard InChI is InChI=1S/C18H29NO2S/c1-5-6-7-8-10-15-12-14-22-16(15)11-9-13-19-17(20)21-18(2,3)4/h9,11-12,14H,5-8,10,13H2,1-4H3,(H,19,20). The van der Waals surface area contributed by atoms with Crippen LogP contribution in [0.25, 0.3) is 6.08 Å². The lowest BCUT2D eigenvalue weighted by atomic mass is 10.1. The third-order valence-electron chi connectivity index (χ3n) is 3.11. The zero-order valence-corrected chi connectivity index (χ0v) is 15.1. The Labute approximate surface area is 138 Å². The van der Waals surface area contributed by atoms with E-state index in [4.69, 9.17) is 4.74 Å². The minimum absolute atomic E-state index is 0.372. The van der Waals surface area contributed by atoms with Crippen molar-refractivity contribution in [1.29, 1.82) is 0 Å². The van der Waals surface area contributed by atoms with E-state index in [9.17, 15) is 4.79 Å². The lowest BCUT2D eigenvalue weighted by Gasteiger charge is -2.19. The summed E-state index contributed by atoms with van der Waals surface area (Å²) in [5.41, 5.74) is 0.961. The number of carbonyl (C=O) groups is 1. The van der Waals surface area contributed by atoms with Crippen molar-refractivity contribution in [1.82, 2.24) is 5.32 Å². The number of amides is 1. The quantitative estimate of drug-likeness (QED) is 0.650. The predicted octanol–water partition coefficient (Wildman–Crippen LogP) is 5.41. The van der Waals surface area contributed by atoms with Crippen LogP contribution >= 0.6 is 11.3 Å². The Morgan fingerprint density at radius 3 is 2.77 bits per heavy atom. The van der Waals surface area contributed by atoms with Crippen LogP contribution in [0.1, 0.15) is 63.8 Å². The van der Waals surface area contributed by atoms with Crippen LogP contribution in [0.5, 0.6) is 0 Å². The van der Waals surface area contributed by atoms with Gasteiger partial charge in [-0.1, -0.05) is 32.3 Å². The summed E-state index contributed by atoms with van der Waals surface area (Å²) < 4.78 is 5.19. The van der Waals surface area contributed by atoms with Crippen molar-refractivity contribution in [2.45, 2.75) is 65.4 Å². The van der Waals surface area contributed by atoms with E-state index in [2.05, 4.69) is 29.8 Å². The minimum Gasteiger partial charge on any atom is -0.444 e. The van der Waals surface area contributed by atoms with E-state index in [-0.39, 0.29) is 6.09 Å². The average molecular weight is 324 g/mol. The van der Waals surface area contributed by atoms with Crippen LogP contribution in [0.2, 0.25) is 0 Å². The summed E-state index contributed by atoms with van der Waals surface area (Å²) in [4.78, 5) is 12.8. The first kappa shape index (κ1) is 18.8. The van der Waals surface area contributed by atoms with Crippen LogP contribution in [0.3, 0.4) is 0 Å². The number of rotatable bonds is 8. The van der Waals surface area contributed by atoms with E-state index in [0.717, 1.165) is 6.42 Å². The topological polar surface area (TPSA) is 38.3 Å². The number of aryl methyl sites for hydroxylation is 1. The molecule has 0 atom stereocenters. The minimum atomic E-state index is -0.451. The molecule has 1 amide bonds. The largest absolute Gasteiger partial charge is 0.444 e. The van der Waals surface area contributed by atoms with Gasteiger partial charge in [0.05, 0.1) is 0 Å². The van der Waals surface area contributed by atoms with Gasteiger partial charge in [0.15, 0.2) is 0 Å². The number of hydrogen-bond donors (Lipinski definition) is 1. The first-order valence-electron chi connectivity index (χ1n) is 8.12. The average Bonchev–Trinajstić information content (AvgIpc) is 2.85. The van der Waals surface area contributed by atoms with Gasteiger partial charge >= 0.3 is 6.09 Å². The molecule has 1 aromatic rings.